The highest BCUT2D eigenvalue weighted by Gasteiger charge is 1.99. The van der Waals surface area contributed by atoms with Crippen LogP contribution in [0.5, 0.6) is 0 Å². The Labute approximate surface area is 112 Å². The van der Waals surface area contributed by atoms with Gasteiger partial charge in [-0.1, -0.05) is 12.1 Å². The summed E-state index contributed by atoms with van der Waals surface area (Å²) in [6, 6.07) is 5.68. The average Bonchev–Trinajstić information content (AvgIpc) is 2.39. The molecule has 1 rings (SSSR count). The first kappa shape index (κ1) is 15.2. The van der Waals surface area contributed by atoms with Gasteiger partial charge in [-0.15, -0.1) is 0 Å². The third-order valence-corrected chi connectivity index (χ3v) is 2.48. The van der Waals surface area contributed by atoms with Gasteiger partial charge < -0.3 is 20.3 Å². The summed E-state index contributed by atoms with van der Waals surface area (Å²) in [5.41, 5.74) is 2.85. The molecule has 1 aromatic carbocycles. The molecule has 0 saturated heterocycles. The minimum atomic E-state index is -0.965. The second kappa shape index (κ2) is 8.29. The van der Waals surface area contributed by atoms with Gasteiger partial charge in [0.15, 0.2) is 0 Å². The maximum absolute atomic E-state index is 10.5. The van der Waals surface area contributed by atoms with Crippen LogP contribution in [0.15, 0.2) is 24.3 Å². The predicted octanol–water partition coefficient (Wildman–Crippen LogP) is 1.51. The molecular formula is C14H19NO4. The largest absolute Gasteiger partial charge is 0.478 e. The Morgan fingerprint density at radius 1 is 1.42 bits per heavy atom. The average molecular weight is 265 g/mol. The van der Waals surface area contributed by atoms with Crippen molar-refractivity contribution in [2.75, 3.05) is 31.7 Å². The molecule has 0 aliphatic rings. The molecule has 0 unspecified atom stereocenters. The fourth-order valence-electron chi connectivity index (χ4n) is 1.53. The molecule has 0 heterocycles. The number of aryl methyl sites for hydroxylation is 1. The van der Waals surface area contributed by atoms with Crippen molar-refractivity contribution >= 4 is 17.7 Å². The second-order valence-corrected chi connectivity index (χ2v) is 4.01. The lowest BCUT2D eigenvalue weighted by Gasteiger charge is -2.10. The standard InChI is InChI=1S/C14H19NO4/c1-11-2-3-12(4-5-14(17)18)10-13(11)15-6-8-19-9-7-16/h2-5,10,15-16H,6-9H2,1H3,(H,17,18)/b5-4+. The number of carboxylic acid groups (broad SMARTS) is 1. The quantitative estimate of drug-likeness (QED) is 0.490. The van der Waals surface area contributed by atoms with E-state index in [0.717, 1.165) is 22.9 Å². The SMILES string of the molecule is Cc1ccc(/C=C/C(=O)O)cc1NCCOCCO. The monoisotopic (exact) mass is 265 g/mol. The number of anilines is 1. The van der Waals surface area contributed by atoms with Crippen molar-refractivity contribution in [1.29, 1.82) is 0 Å². The van der Waals surface area contributed by atoms with E-state index < -0.39 is 5.97 Å². The van der Waals surface area contributed by atoms with Crippen LogP contribution < -0.4 is 5.32 Å². The van der Waals surface area contributed by atoms with Crippen LogP contribution >= 0.6 is 0 Å². The van der Waals surface area contributed by atoms with Crippen molar-refractivity contribution in [3.63, 3.8) is 0 Å². The van der Waals surface area contributed by atoms with Crippen LogP contribution in [0.25, 0.3) is 6.08 Å². The van der Waals surface area contributed by atoms with Crippen molar-refractivity contribution in [1.82, 2.24) is 0 Å². The van der Waals surface area contributed by atoms with E-state index in [1.54, 1.807) is 6.08 Å². The van der Waals surface area contributed by atoms with Gasteiger partial charge in [-0.3, -0.25) is 0 Å². The molecule has 5 nitrogen and oxygen atoms in total. The minimum Gasteiger partial charge on any atom is -0.478 e. The van der Waals surface area contributed by atoms with Gasteiger partial charge in [-0.05, 0) is 30.2 Å². The number of aliphatic hydroxyl groups is 1. The summed E-state index contributed by atoms with van der Waals surface area (Å²) in [6.45, 7) is 3.47. The Hall–Kier alpha value is -1.85. The van der Waals surface area contributed by atoms with Gasteiger partial charge in [0.2, 0.25) is 0 Å². The van der Waals surface area contributed by atoms with Crippen LogP contribution in [0, 0.1) is 6.92 Å². The number of aliphatic hydroxyl groups excluding tert-OH is 1. The van der Waals surface area contributed by atoms with Gasteiger partial charge in [0, 0.05) is 18.3 Å². The Morgan fingerprint density at radius 2 is 2.21 bits per heavy atom. The maximum atomic E-state index is 10.5. The third-order valence-electron chi connectivity index (χ3n) is 2.48. The zero-order valence-electron chi connectivity index (χ0n) is 10.9. The van der Waals surface area contributed by atoms with Gasteiger partial charge in [-0.25, -0.2) is 4.79 Å². The second-order valence-electron chi connectivity index (χ2n) is 4.01. The number of ether oxygens (including phenoxy) is 1. The van der Waals surface area contributed by atoms with E-state index in [2.05, 4.69) is 5.32 Å². The molecule has 3 N–H and O–H groups in total. The van der Waals surface area contributed by atoms with Gasteiger partial charge in [0.1, 0.15) is 0 Å². The summed E-state index contributed by atoms with van der Waals surface area (Å²) in [5.74, 6) is -0.965. The molecule has 0 atom stereocenters. The zero-order chi connectivity index (χ0) is 14.1. The van der Waals surface area contributed by atoms with E-state index in [1.807, 2.05) is 25.1 Å². The first-order valence-corrected chi connectivity index (χ1v) is 6.07. The number of hydrogen-bond acceptors (Lipinski definition) is 4. The smallest absolute Gasteiger partial charge is 0.328 e. The maximum Gasteiger partial charge on any atom is 0.328 e. The number of carboxylic acids is 1. The number of carbonyl (C=O) groups is 1. The molecule has 0 fully saturated rings. The van der Waals surface area contributed by atoms with E-state index in [-0.39, 0.29) is 6.61 Å². The van der Waals surface area contributed by atoms with Crippen LogP contribution in [0.1, 0.15) is 11.1 Å². The summed E-state index contributed by atoms with van der Waals surface area (Å²) in [4.78, 5) is 10.5. The summed E-state index contributed by atoms with van der Waals surface area (Å²) in [5, 5.41) is 20.4. The van der Waals surface area contributed by atoms with E-state index >= 15 is 0 Å². The highest BCUT2D eigenvalue weighted by molar-refractivity contribution is 5.85. The number of benzene rings is 1. The summed E-state index contributed by atoms with van der Waals surface area (Å²) >= 11 is 0. The Kier molecular flexibility index (Phi) is 6.63. The van der Waals surface area contributed by atoms with Crippen LogP contribution in [-0.2, 0) is 9.53 Å². The highest BCUT2D eigenvalue weighted by atomic mass is 16.5. The topological polar surface area (TPSA) is 78.8 Å². The van der Waals surface area contributed by atoms with Crippen LogP contribution in [0.3, 0.4) is 0 Å². The molecule has 0 amide bonds. The molecule has 104 valence electrons. The van der Waals surface area contributed by atoms with Gasteiger partial charge in [-0.2, -0.15) is 0 Å². The third kappa shape index (κ3) is 6.03. The number of hydrogen-bond donors (Lipinski definition) is 3. The van der Waals surface area contributed by atoms with Crippen molar-refractivity contribution in [3.05, 3.63) is 35.4 Å². The summed E-state index contributed by atoms with van der Waals surface area (Å²) in [6.07, 6.45) is 2.66. The summed E-state index contributed by atoms with van der Waals surface area (Å²) in [7, 11) is 0. The fourth-order valence-corrected chi connectivity index (χ4v) is 1.53. The van der Waals surface area contributed by atoms with Gasteiger partial charge >= 0.3 is 5.97 Å². The number of rotatable bonds is 8. The lowest BCUT2D eigenvalue weighted by Crippen LogP contribution is -2.12. The normalized spacial score (nSPS) is 10.8. The minimum absolute atomic E-state index is 0.0223. The summed E-state index contributed by atoms with van der Waals surface area (Å²) < 4.78 is 5.15. The van der Waals surface area contributed by atoms with Crippen molar-refractivity contribution in [2.45, 2.75) is 6.92 Å². The molecule has 0 radical (unpaired) electrons. The molecule has 0 aromatic heterocycles. The molecule has 5 heteroatoms. The first-order valence-electron chi connectivity index (χ1n) is 6.07. The lowest BCUT2D eigenvalue weighted by molar-refractivity contribution is -0.131. The Balaban J connectivity index is 2.56. The van der Waals surface area contributed by atoms with Crippen molar-refractivity contribution < 1.29 is 19.7 Å². The molecular weight excluding hydrogens is 246 g/mol. The Morgan fingerprint density at radius 3 is 2.89 bits per heavy atom. The predicted molar refractivity (Wildman–Crippen MR) is 74.2 cm³/mol. The molecule has 19 heavy (non-hydrogen) atoms. The molecule has 0 spiro atoms. The molecule has 0 aliphatic heterocycles. The van der Waals surface area contributed by atoms with E-state index in [4.69, 9.17) is 14.9 Å². The van der Waals surface area contributed by atoms with Crippen LogP contribution in [0.2, 0.25) is 0 Å². The van der Waals surface area contributed by atoms with Gasteiger partial charge in [0.25, 0.3) is 0 Å². The van der Waals surface area contributed by atoms with Gasteiger partial charge in [0.05, 0.1) is 19.8 Å². The van der Waals surface area contributed by atoms with E-state index in [1.165, 1.54) is 0 Å². The zero-order valence-corrected chi connectivity index (χ0v) is 10.9. The van der Waals surface area contributed by atoms with E-state index in [0.29, 0.717) is 19.8 Å². The molecule has 0 aliphatic carbocycles. The van der Waals surface area contributed by atoms with Crippen molar-refractivity contribution in [2.24, 2.45) is 0 Å². The number of nitrogens with one attached hydrogen (secondary N) is 1. The Bertz CT molecular complexity index is 443. The van der Waals surface area contributed by atoms with Crippen molar-refractivity contribution in [3.8, 4) is 0 Å². The highest BCUT2D eigenvalue weighted by Crippen LogP contribution is 2.17. The lowest BCUT2D eigenvalue weighted by atomic mass is 10.1. The van der Waals surface area contributed by atoms with E-state index in [9.17, 15) is 4.79 Å². The first-order chi connectivity index (χ1) is 9.13. The fraction of sp³-hybridized carbons (Fsp3) is 0.357. The molecule has 0 saturated carbocycles. The number of aliphatic carboxylic acids is 1. The molecule has 1 aromatic rings. The van der Waals surface area contributed by atoms with Crippen LogP contribution in [-0.4, -0.2) is 42.5 Å². The van der Waals surface area contributed by atoms with Crippen LogP contribution in [0.4, 0.5) is 5.69 Å². The molecule has 0 bridgehead atoms.